The summed E-state index contributed by atoms with van der Waals surface area (Å²) in [7, 11) is 0. The average molecular weight is 405 g/mol. The van der Waals surface area contributed by atoms with Crippen LogP contribution in [0.4, 0.5) is 13.2 Å². The van der Waals surface area contributed by atoms with Gasteiger partial charge in [0.05, 0.1) is 11.1 Å². The van der Waals surface area contributed by atoms with Gasteiger partial charge in [0.15, 0.2) is 5.16 Å². The SMILES string of the molecule is CC1CC=C(n2c(S)nc3c(Br)cc(C(F)(F)F)cc32)C1(C)C. The Morgan fingerprint density at radius 2 is 2.00 bits per heavy atom. The number of allylic oxidation sites excluding steroid dienone is 2. The van der Waals surface area contributed by atoms with E-state index in [1.165, 1.54) is 0 Å². The second-order valence-electron chi connectivity index (χ2n) is 6.52. The lowest BCUT2D eigenvalue weighted by atomic mass is 9.81. The van der Waals surface area contributed by atoms with Crippen molar-refractivity contribution >= 4 is 45.3 Å². The van der Waals surface area contributed by atoms with Gasteiger partial charge in [0.1, 0.15) is 5.52 Å². The first-order valence-corrected chi connectivity index (χ1v) is 8.46. The van der Waals surface area contributed by atoms with Gasteiger partial charge in [0.2, 0.25) is 0 Å². The molecule has 23 heavy (non-hydrogen) atoms. The van der Waals surface area contributed by atoms with E-state index in [1.807, 2.05) is 0 Å². The monoisotopic (exact) mass is 404 g/mol. The molecule has 0 radical (unpaired) electrons. The van der Waals surface area contributed by atoms with Crippen molar-refractivity contribution in [2.75, 3.05) is 0 Å². The Morgan fingerprint density at radius 3 is 2.52 bits per heavy atom. The molecule has 0 amide bonds. The van der Waals surface area contributed by atoms with Gasteiger partial charge in [-0.2, -0.15) is 13.2 Å². The minimum Gasteiger partial charge on any atom is -0.291 e. The van der Waals surface area contributed by atoms with Crippen LogP contribution in [0.2, 0.25) is 0 Å². The second kappa shape index (κ2) is 5.28. The molecule has 2 nitrogen and oxygen atoms in total. The summed E-state index contributed by atoms with van der Waals surface area (Å²) in [5, 5.41) is 0.397. The molecule has 3 rings (SSSR count). The molecule has 0 bridgehead atoms. The molecule has 1 atom stereocenters. The number of hydrogen-bond donors (Lipinski definition) is 1. The van der Waals surface area contributed by atoms with E-state index in [0.29, 0.717) is 26.6 Å². The van der Waals surface area contributed by atoms with E-state index < -0.39 is 11.7 Å². The molecule has 2 aromatic rings. The molecule has 1 aliphatic rings. The van der Waals surface area contributed by atoms with E-state index in [2.05, 4.69) is 60.4 Å². The number of rotatable bonds is 1. The fraction of sp³-hybridized carbons (Fsp3) is 0.438. The topological polar surface area (TPSA) is 17.8 Å². The average Bonchev–Trinajstić information content (AvgIpc) is 2.87. The van der Waals surface area contributed by atoms with Crippen molar-refractivity contribution in [2.45, 2.75) is 38.5 Å². The lowest BCUT2D eigenvalue weighted by molar-refractivity contribution is -0.137. The molecule has 1 unspecified atom stereocenters. The molecule has 7 heteroatoms. The highest BCUT2D eigenvalue weighted by molar-refractivity contribution is 9.10. The van der Waals surface area contributed by atoms with Crippen LogP contribution in [0, 0.1) is 11.3 Å². The molecular formula is C16H16BrF3N2S. The number of nitrogens with zero attached hydrogens (tertiary/aromatic N) is 2. The zero-order chi connectivity index (χ0) is 17.2. The van der Waals surface area contributed by atoms with Crippen LogP contribution in [0.3, 0.4) is 0 Å². The van der Waals surface area contributed by atoms with E-state index in [9.17, 15) is 13.2 Å². The summed E-state index contributed by atoms with van der Waals surface area (Å²) >= 11 is 7.61. The molecule has 0 saturated carbocycles. The van der Waals surface area contributed by atoms with E-state index in [-0.39, 0.29) is 5.41 Å². The van der Waals surface area contributed by atoms with E-state index in [1.54, 1.807) is 4.57 Å². The van der Waals surface area contributed by atoms with Crippen molar-refractivity contribution < 1.29 is 13.2 Å². The number of benzene rings is 1. The predicted octanol–water partition coefficient (Wildman–Crippen LogP) is 6.01. The van der Waals surface area contributed by atoms with Gasteiger partial charge in [0, 0.05) is 15.6 Å². The molecule has 1 aliphatic carbocycles. The molecule has 0 fully saturated rings. The maximum Gasteiger partial charge on any atom is 0.416 e. The number of aromatic nitrogens is 2. The van der Waals surface area contributed by atoms with E-state index in [0.717, 1.165) is 24.3 Å². The zero-order valence-electron chi connectivity index (χ0n) is 12.9. The third-order valence-electron chi connectivity index (χ3n) is 4.82. The number of thiol groups is 1. The predicted molar refractivity (Wildman–Crippen MR) is 91.5 cm³/mol. The lowest BCUT2D eigenvalue weighted by Crippen LogP contribution is -2.21. The van der Waals surface area contributed by atoms with Crippen molar-refractivity contribution in [1.82, 2.24) is 9.55 Å². The van der Waals surface area contributed by atoms with Gasteiger partial charge in [-0.25, -0.2) is 4.98 Å². The molecule has 1 heterocycles. The molecule has 0 N–H and O–H groups in total. The number of fused-ring (bicyclic) bond motifs is 1. The molecule has 1 aromatic heterocycles. The fourth-order valence-electron chi connectivity index (χ4n) is 3.00. The van der Waals surface area contributed by atoms with E-state index in [4.69, 9.17) is 0 Å². The first kappa shape index (κ1) is 16.9. The van der Waals surface area contributed by atoms with Crippen LogP contribution < -0.4 is 0 Å². The Balaban J connectivity index is 2.30. The molecule has 124 valence electrons. The van der Waals surface area contributed by atoms with E-state index >= 15 is 0 Å². The quantitative estimate of drug-likeness (QED) is 0.575. The highest BCUT2D eigenvalue weighted by Gasteiger charge is 2.38. The summed E-state index contributed by atoms with van der Waals surface area (Å²) < 4.78 is 41.5. The normalized spacial score (nSPS) is 21.0. The summed E-state index contributed by atoms with van der Waals surface area (Å²) in [4.78, 5) is 4.34. The lowest BCUT2D eigenvalue weighted by Gasteiger charge is -2.29. The second-order valence-corrected chi connectivity index (χ2v) is 7.77. The molecule has 0 saturated heterocycles. The highest BCUT2D eigenvalue weighted by Crippen LogP contribution is 2.48. The van der Waals surface area contributed by atoms with Crippen molar-refractivity contribution in [3.8, 4) is 0 Å². The van der Waals surface area contributed by atoms with Gasteiger partial charge >= 0.3 is 6.18 Å². The molecule has 0 spiro atoms. The third-order valence-corrected chi connectivity index (χ3v) is 5.73. The van der Waals surface area contributed by atoms with Crippen LogP contribution >= 0.6 is 28.6 Å². The first-order valence-electron chi connectivity index (χ1n) is 7.22. The number of alkyl halides is 3. The minimum atomic E-state index is -4.41. The maximum atomic E-state index is 13.1. The number of imidazole rings is 1. The van der Waals surface area contributed by atoms with Crippen LogP contribution in [0.25, 0.3) is 16.7 Å². The highest BCUT2D eigenvalue weighted by atomic mass is 79.9. The van der Waals surface area contributed by atoms with Crippen LogP contribution in [0.1, 0.15) is 32.8 Å². The summed E-state index contributed by atoms with van der Waals surface area (Å²) in [5.74, 6) is 0.400. The number of halogens is 4. The van der Waals surface area contributed by atoms with Gasteiger partial charge in [-0.05, 0) is 40.4 Å². The zero-order valence-corrected chi connectivity index (χ0v) is 15.4. The molecule has 0 aliphatic heterocycles. The van der Waals surface area contributed by atoms with Crippen molar-refractivity contribution in [3.63, 3.8) is 0 Å². The smallest absolute Gasteiger partial charge is 0.291 e. The summed E-state index contributed by atoms with van der Waals surface area (Å²) in [6.07, 6.45) is -1.45. The van der Waals surface area contributed by atoms with Crippen LogP contribution in [-0.4, -0.2) is 9.55 Å². The Kier molecular flexibility index (Phi) is 3.87. The standard InChI is InChI=1S/C16H16BrF3N2S/c1-8-4-5-12(15(8,2)3)22-11-7-9(16(18,19)20)6-10(17)13(11)21-14(22)23/h5-8H,4H2,1-3H3,(H,21,23). The van der Waals surface area contributed by atoms with Gasteiger partial charge in [0.25, 0.3) is 0 Å². The van der Waals surface area contributed by atoms with Gasteiger partial charge in [-0.1, -0.05) is 26.8 Å². The van der Waals surface area contributed by atoms with Crippen LogP contribution in [-0.2, 0) is 6.18 Å². The fourth-order valence-corrected chi connectivity index (χ4v) is 3.86. The first-order chi connectivity index (χ1) is 10.5. The summed E-state index contributed by atoms with van der Waals surface area (Å²) in [6.45, 7) is 6.33. The Labute approximate surface area is 146 Å². The van der Waals surface area contributed by atoms with Crippen LogP contribution in [0.5, 0.6) is 0 Å². The molecular weight excluding hydrogens is 389 g/mol. The molecule has 1 aromatic carbocycles. The third kappa shape index (κ3) is 2.61. The largest absolute Gasteiger partial charge is 0.416 e. The minimum absolute atomic E-state index is 0.161. The van der Waals surface area contributed by atoms with Crippen LogP contribution in [0.15, 0.2) is 27.8 Å². The van der Waals surface area contributed by atoms with Gasteiger partial charge in [-0.3, -0.25) is 4.57 Å². The number of hydrogen-bond acceptors (Lipinski definition) is 2. The maximum absolute atomic E-state index is 13.1. The van der Waals surface area contributed by atoms with Crippen molar-refractivity contribution in [2.24, 2.45) is 11.3 Å². The van der Waals surface area contributed by atoms with Gasteiger partial charge in [-0.15, -0.1) is 12.6 Å². The Bertz CT molecular complexity index is 821. The van der Waals surface area contributed by atoms with Gasteiger partial charge < -0.3 is 0 Å². The Morgan fingerprint density at radius 1 is 1.35 bits per heavy atom. The summed E-state index contributed by atoms with van der Waals surface area (Å²) in [5.41, 5.74) is 0.996. The van der Waals surface area contributed by atoms with Crippen molar-refractivity contribution in [3.05, 3.63) is 28.2 Å². The summed E-state index contributed by atoms with van der Waals surface area (Å²) in [6, 6.07) is 2.20. The van der Waals surface area contributed by atoms with Crippen molar-refractivity contribution in [1.29, 1.82) is 0 Å². The Hall–Kier alpha value is -0.950.